The molecular formula is C15H21N3O2. The molecule has 2 rings (SSSR count). The van der Waals surface area contributed by atoms with E-state index in [0.29, 0.717) is 23.2 Å². The Hall–Kier alpha value is -2.04. The van der Waals surface area contributed by atoms with E-state index in [0.717, 1.165) is 19.3 Å². The smallest absolute Gasteiger partial charge is 0.251 e. The summed E-state index contributed by atoms with van der Waals surface area (Å²) in [7, 11) is 0. The number of carbonyl (C=O) groups excluding carboxylic acids is 2. The second-order valence-corrected chi connectivity index (χ2v) is 5.26. The standard InChI is InChI=1S/C15H21N3O2/c1-2-3-11-8-13(11)18-14(19)9-17-15(20)10-4-6-12(16)7-5-10/h4-7,11,13H,2-3,8-9,16H2,1H3,(H,17,20)(H,18,19). The van der Waals surface area contributed by atoms with Gasteiger partial charge in [-0.05, 0) is 43.0 Å². The van der Waals surface area contributed by atoms with E-state index in [-0.39, 0.29) is 18.4 Å². The maximum atomic E-state index is 11.8. The molecule has 5 heteroatoms. The first-order valence-corrected chi connectivity index (χ1v) is 7.03. The van der Waals surface area contributed by atoms with Gasteiger partial charge in [-0.25, -0.2) is 0 Å². The molecule has 1 aromatic rings. The molecule has 0 aromatic heterocycles. The summed E-state index contributed by atoms with van der Waals surface area (Å²) in [4.78, 5) is 23.5. The fourth-order valence-corrected chi connectivity index (χ4v) is 2.27. The van der Waals surface area contributed by atoms with Crippen LogP contribution >= 0.6 is 0 Å². The third-order valence-electron chi connectivity index (χ3n) is 3.51. The average Bonchev–Trinajstić information content (AvgIpc) is 3.15. The van der Waals surface area contributed by atoms with Crippen molar-refractivity contribution in [3.8, 4) is 0 Å². The number of carbonyl (C=O) groups is 2. The normalized spacial score (nSPS) is 20.2. The van der Waals surface area contributed by atoms with E-state index in [2.05, 4.69) is 17.6 Å². The lowest BCUT2D eigenvalue weighted by Gasteiger charge is -2.07. The van der Waals surface area contributed by atoms with Gasteiger partial charge >= 0.3 is 0 Å². The summed E-state index contributed by atoms with van der Waals surface area (Å²) < 4.78 is 0. The Bertz CT molecular complexity index is 484. The SMILES string of the molecule is CCCC1CC1NC(=O)CNC(=O)c1ccc(N)cc1. The molecule has 4 N–H and O–H groups in total. The third kappa shape index (κ3) is 3.98. The predicted molar refractivity (Wildman–Crippen MR) is 78.1 cm³/mol. The number of anilines is 1. The molecule has 2 atom stereocenters. The Morgan fingerprint density at radius 3 is 2.65 bits per heavy atom. The van der Waals surface area contributed by atoms with E-state index < -0.39 is 0 Å². The maximum Gasteiger partial charge on any atom is 0.251 e. The summed E-state index contributed by atoms with van der Waals surface area (Å²) in [6, 6.07) is 6.90. The van der Waals surface area contributed by atoms with Gasteiger partial charge in [-0.15, -0.1) is 0 Å². The number of nitrogen functional groups attached to an aromatic ring is 1. The molecule has 1 aliphatic carbocycles. The third-order valence-corrected chi connectivity index (χ3v) is 3.51. The topological polar surface area (TPSA) is 84.2 Å². The largest absolute Gasteiger partial charge is 0.399 e. The maximum absolute atomic E-state index is 11.8. The number of nitrogens with one attached hydrogen (secondary N) is 2. The van der Waals surface area contributed by atoms with Gasteiger partial charge in [0.1, 0.15) is 0 Å². The van der Waals surface area contributed by atoms with Crippen LogP contribution in [0.5, 0.6) is 0 Å². The zero-order chi connectivity index (χ0) is 14.5. The van der Waals surface area contributed by atoms with Crippen molar-refractivity contribution < 1.29 is 9.59 Å². The van der Waals surface area contributed by atoms with Crippen LogP contribution in [-0.2, 0) is 4.79 Å². The number of hydrogen-bond donors (Lipinski definition) is 3. The number of benzene rings is 1. The summed E-state index contributed by atoms with van der Waals surface area (Å²) >= 11 is 0. The van der Waals surface area contributed by atoms with Crippen molar-refractivity contribution in [2.45, 2.75) is 32.2 Å². The molecule has 1 fully saturated rings. The highest BCUT2D eigenvalue weighted by Crippen LogP contribution is 2.34. The van der Waals surface area contributed by atoms with Crippen molar-refractivity contribution in [2.75, 3.05) is 12.3 Å². The molecule has 20 heavy (non-hydrogen) atoms. The minimum atomic E-state index is -0.263. The predicted octanol–water partition coefficient (Wildman–Crippen LogP) is 1.30. The van der Waals surface area contributed by atoms with Crippen LogP contribution in [0.2, 0.25) is 0 Å². The van der Waals surface area contributed by atoms with E-state index >= 15 is 0 Å². The first kappa shape index (κ1) is 14.4. The quantitative estimate of drug-likeness (QED) is 0.684. The lowest BCUT2D eigenvalue weighted by atomic mass is 10.2. The van der Waals surface area contributed by atoms with E-state index in [1.54, 1.807) is 24.3 Å². The van der Waals surface area contributed by atoms with Gasteiger partial charge in [0.05, 0.1) is 6.54 Å². The monoisotopic (exact) mass is 275 g/mol. The van der Waals surface area contributed by atoms with Gasteiger partial charge in [-0.1, -0.05) is 13.3 Å². The lowest BCUT2D eigenvalue weighted by molar-refractivity contribution is -0.120. The van der Waals surface area contributed by atoms with Crippen LogP contribution in [0.15, 0.2) is 24.3 Å². The van der Waals surface area contributed by atoms with Crippen LogP contribution in [0, 0.1) is 5.92 Å². The van der Waals surface area contributed by atoms with E-state index in [1.165, 1.54) is 0 Å². The zero-order valence-corrected chi connectivity index (χ0v) is 11.7. The van der Waals surface area contributed by atoms with Gasteiger partial charge in [-0.2, -0.15) is 0 Å². The van der Waals surface area contributed by atoms with Gasteiger partial charge in [-0.3, -0.25) is 9.59 Å². The molecule has 1 saturated carbocycles. The summed E-state index contributed by atoms with van der Waals surface area (Å²) in [5.41, 5.74) is 6.66. The van der Waals surface area contributed by atoms with Gasteiger partial charge < -0.3 is 16.4 Å². The van der Waals surface area contributed by atoms with Crippen molar-refractivity contribution in [1.82, 2.24) is 10.6 Å². The molecule has 1 aromatic carbocycles. The van der Waals surface area contributed by atoms with Crippen molar-refractivity contribution >= 4 is 17.5 Å². The van der Waals surface area contributed by atoms with Crippen LogP contribution < -0.4 is 16.4 Å². The molecule has 0 heterocycles. The van der Waals surface area contributed by atoms with Gasteiger partial charge in [0, 0.05) is 17.3 Å². The van der Waals surface area contributed by atoms with Crippen LogP contribution in [0.4, 0.5) is 5.69 Å². The van der Waals surface area contributed by atoms with Gasteiger partial charge in [0.15, 0.2) is 0 Å². The first-order valence-electron chi connectivity index (χ1n) is 7.03. The molecule has 0 spiro atoms. The van der Waals surface area contributed by atoms with Crippen molar-refractivity contribution in [1.29, 1.82) is 0 Å². The molecule has 2 amide bonds. The van der Waals surface area contributed by atoms with E-state index in [1.807, 2.05) is 0 Å². The molecule has 5 nitrogen and oxygen atoms in total. The molecule has 0 radical (unpaired) electrons. The van der Waals surface area contributed by atoms with Gasteiger partial charge in [0.25, 0.3) is 5.91 Å². The fraction of sp³-hybridized carbons (Fsp3) is 0.467. The Labute approximate surface area is 118 Å². The van der Waals surface area contributed by atoms with E-state index in [4.69, 9.17) is 5.73 Å². The second kappa shape index (κ2) is 6.41. The lowest BCUT2D eigenvalue weighted by Crippen LogP contribution is -2.38. The highest BCUT2D eigenvalue weighted by atomic mass is 16.2. The van der Waals surface area contributed by atoms with Crippen molar-refractivity contribution in [3.05, 3.63) is 29.8 Å². The van der Waals surface area contributed by atoms with Crippen LogP contribution in [-0.4, -0.2) is 24.4 Å². The number of rotatable bonds is 6. The van der Waals surface area contributed by atoms with Gasteiger partial charge in [0.2, 0.25) is 5.91 Å². The summed E-state index contributed by atoms with van der Waals surface area (Å²) in [5.74, 6) is 0.232. The number of nitrogens with two attached hydrogens (primary N) is 1. The first-order chi connectivity index (χ1) is 9.60. The highest BCUT2D eigenvalue weighted by Gasteiger charge is 2.36. The van der Waals surface area contributed by atoms with E-state index in [9.17, 15) is 9.59 Å². The zero-order valence-electron chi connectivity index (χ0n) is 11.7. The molecule has 108 valence electrons. The highest BCUT2D eigenvalue weighted by molar-refractivity contribution is 5.96. The van der Waals surface area contributed by atoms with Crippen LogP contribution in [0.1, 0.15) is 36.5 Å². The second-order valence-electron chi connectivity index (χ2n) is 5.26. The Morgan fingerprint density at radius 1 is 1.30 bits per heavy atom. The number of amides is 2. The Morgan fingerprint density at radius 2 is 2.00 bits per heavy atom. The van der Waals surface area contributed by atoms with Crippen molar-refractivity contribution in [3.63, 3.8) is 0 Å². The molecule has 0 saturated heterocycles. The molecule has 1 aliphatic rings. The van der Waals surface area contributed by atoms with Crippen LogP contribution in [0.25, 0.3) is 0 Å². The summed E-state index contributed by atoms with van der Waals surface area (Å²) in [6.45, 7) is 2.16. The Kier molecular flexibility index (Phi) is 4.61. The Balaban J connectivity index is 1.71. The molecule has 0 bridgehead atoms. The van der Waals surface area contributed by atoms with Crippen molar-refractivity contribution in [2.24, 2.45) is 5.92 Å². The number of hydrogen-bond acceptors (Lipinski definition) is 3. The fourth-order valence-electron chi connectivity index (χ4n) is 2.27. The molecular weight excluding hydrogens is 254 g/mol. The van der Waals surface area contributed by atoms with Crippen LogP contribution in [0.3, 0.4) is 0 Å². The minimum Gasteiger partial charge on any atom is -0.399 e. The average molecular weight is 275 g/mol. The molecule has 2 unspecified atom stereocenters. The summed E-state index contributed by atoms with van der Waals surface area (Å²) in [5, 5.41) is 5.54. The minimum absolute atomic E-state index is 0.0125. The summed E-state index contributed by atoms with van der Waals surface area (Å²) in [6.07, 6.45) is 3.36. The molecule has 0 aliphatic heterocycles.